The van der Waals surface area contributed by atoms with Crippen molar-refractivity contribution >= 4 is 33.3 Å². The maximum absolute atomic E-state index is 13.7. The number of rotatable bonds is 3. The van der Waals surface area contributed by atoms with E-state index in [9.17, 15) is 18.0 Å². The summed E-state index contributed by atoms with van der Waals surface area (Å²) in [4.78, 5) is 10.6. The SMILES string of the molecule is O=C(O)c1cc(F)c(Nc2ccc(Br)c(F)c2)c(F)c1. The maximum Gasteiger partial charge on any atom is 0.335 e. The highest BCUT2D eigenvalue weighted by atomic mass is 79.9. The zero-order valence-corrected chi connectivity index (χ0v) is 11.3. The normalized spacial score (nSPS) is 10.4. The first-order valence-corrected chi connectivity index (χ1v) is 6.12. The molecule has 0 aliphatic rings. The quantitative estimate of drug-likeness (QED) is 0.871. The van der Waals surface area contributed by atoms with Gasteiger partial charge in [0.1, 0.15) is 11.5 Å². The molecule has 7 heteroatoms. The molecule has 0 amide bonds. The van der Waals surface area contributed by atoms with Gasteiger partial charge in [-0.2, -0.15) is 0 Å². The Balaban J connectivity index is 2.38. The molecule has 0 spiro atoms. The topological polar surface area (TPSA) is 49.3 Å². The molecule has 2 aromatic carbocycles. The number of aromatic carboxylic acids is 1. The van der Waals surface area contributed by atoms with Crippen molar-refractivity contribution in [2.75, 3.05) is 5.32 Å². The van der Waals surface area contributed by atoms with Crippen LogP contribution in [0.25, 0.3) is 0 Å². The zero-order valence-electron chi connectivity index (χ0n) is 9.75. The Hall–Kier alpha value is -2.02. The van der Waals surface area contributed by atoms with Crippen molar-refractivity contribution in [3.63, 3.8) is 0 Å². The van der Waals surface area contributed by atoms with E-state index in [4.69, 9.17) is 5.11 Å². The first-order valence-electron chi connectivity index (χ1n) is 5.33. The second-order valence-electron chi connectivity index (χ2n) is 3.87. The molecule has 0 saturated heterocycles. The fourth-order valence-electron chi connectivity index (χ4n) is 1.53. The lowest BCUT2D eigenvalue weighted by molar-refractivity contribution is 0.0696. The Morgan fingerprint density at radius 3 is 2.15 bits per heavy atom. The van der Waals surface area contributed by atoms with Crippen molar-refractivity contribution in [3.05, 3.63) is 57.8 Å². The number of hydrogen-bond donors (Lipinski definition) is 2. The van der Waals surface area contributed by atoms with Crippen LogP contribution in [0, 0.1) is 17.5 Å². The Morgan fingerprint density at radius 1 is 1.05 bits per heavy atom. The van der Waals surface area contributed by atoms with E-state index in [-0.39, 0.29) is 10.2 Å². The number of halogens is 4. The van der Waals surface area contributed by atoms with Crippen LogP contribution < -0.4 is 5.32 Å². The van der Waals surface area contributed by atoms with E-state index in [1.807, 2.05) is 0 Å². The molecule has 0 unspecified atom stereocenters. The van der Waals surface area contributed by atoms with Gasteiger partial charge in [0.2, 0.25) is 0 Å². The van der Waals surface area contributed by atoms with Crippen molar-refractivity contribution in [3.8, 4) is 0 Å². The molecule has 0 bridgehead atoms. The lowest BCUT2D eigenvalue weighted by atomic mass is 10.1. The monoisotopic (exact) mass is 345 g/mol. The molecule has 104 valence electrons. The molecule has 0 atom stereocenters. The minimum Gasteiger partial charge on any atom is -0.478 e. The third-order valence-electron chi connectivity index (χ3n) is 2.48. The van der Waals surface area contributed by atoms with Crippen molar-refractivity contribution in [1.82, 2.24) is 0 Å². The van der Waals surface area contributed by atoms with Crippen LogP contribution in [0.2, 0.25) is 0 Å². The van der Waals surface area contributed by atoms with Crippen molar-refractivity contribution in [2.45, 2.75) is 0 Å². The minimum atomic E-state index is -1.44. The van der Waals surface area contributed by atoms with Crippen LogP contribution in [0.5, 0.6) is 0 Å². The Bertz CT molecular complexity index is 668. The van der Waals surface area contributed by atoms with Crippen LogP contribution in [0.1, 0.15) is 10.4 Å². The van der Waals surface area contributed by atoms with Gasteiger partial charge in [-0.25, -0.2) is 18.0 Å². The van der Waals surface area contributed by atoms with Gasteiger partial charge >= 0.3 is 5.97 Å². The molecule has 0 heterocycles. The van der Waals surface area contributed by atoms with Gasteiger partial charge in [-0.05, 0) is 46.3 Å². The van der Waals surface area contributed by atoms with Gasteiger partial charge in [0.05, 0.1) is 10.0 Å². The summed E-state index contributed by atoms with van der Waals surface area (Å²) in [6.07, 6.45) is 0. The number of benzene rings is 2. The number of hydrogen-bond acceptors (Lipinski definition) is 2. The average Bonchev–Trinajstić information content (AvgIpc) is 2.37. The highest BCUT2D eigenvalue weighted by Crippen LogP contribution is 2.27. The highest BCUT2D eigenvalue weighted by Gasteiger charge is 2.15. The average molecular weight is 346 g/mol. The lowest BCUT2D eigenvalue weighted by Gasteiger charge is -2.10. The molecule has 2 aromatic rings. The summed E-state index contributed by atoms with van der Waals surface area (Å²) >= 11 is 2.95. The van der Waals surface area contributed by atoms with Crippen LogP contribution in [-0.4, -0.2) is 11.1 Å². The van der Waals surface area contributed by atoms with Crippen LogP contribution in [-0.2, 0) is 0 Å². The standard InChI is InChI=1S/C13H7BrF3NO2/c14-8-2-1-7(5-9(8)15)18-12-10(16)3-6(13(19)20)4-11(12)17/h1-5,18H,(H,19,20). The molecular formula is C13H7BrF3NO2. The van der Waals surface area contributed by atoms with E-state index >= 15 is 0 Å². The van der Waals surface area contributed by atoms with Gasteiger partial charge in [0.25, 0.3) is 0 Å². The van der Waals surface area contributed by atoms with E-state index in [1.165, 1.54) is 12.1 Å². The molecular weight excluding hydrogens is 339 g/mol. The predicted octanol–water partition coefficient (Wildman–Crippen LogP) is 4.31. The molecule has 2 rings (SSSR count). The van der Waals surface area contributed by atoms with E-state index in [0.717, 1.165) is 6.07 Å². The minimum absolute atomic E-state index is 0.131. The second kappa shape index (κ2) is 5.54. The summed E-state index contributed by atoms with van der Waals surface area (Å²) in [5, 5.41) is 11.0. The number of carboxylic acids is 1. The molecule has 0 aliphatic carbocycles. The molecule has 0 radical (unpaired) electrons. The van der Waals surface area contributed by atoms with Gasteiger partial charge in [-0.15, -0.1) is 0 Å². The molecule has 0 fully saturated rings. The highest BCUT2D eigenvalue weighted by molar-refractivity contribution is 9.10. The van der Waals surface area contributed by atoms with Crippen LogP contribution in [0.3, 0.4) is 0 Å². The van der Waals surface area contributed by atoms with E-state index in [1.54, 1.807) is 0 Å². The van der Waals surface area contributed by atoms with Gasteiger partial charge in [0.15, 0.2) is 11.6 Å². The van der Waals surface area contributed by atoms with Crippen LogP contribution >= 0.6 is 15.9 Å². The summed E-state index contributed by atoms with van der Waals surface area (Å²) in [6.45, 7) is 0. The Kier molecular flexibility index (Phi) is 3.99. The predicted molar refractivity (Wildman–Crippen MR) is 70.7 cm³/mol. The molecule has 0 saturated carbocycles. The van der Waals surface area contributed by atoms with E-state index in [2.05, 4.69) is 21.2 Å². The number of carboxylic acid groups (broad SMARTS) is 1. The molecule has 2 N–H and O–H groups in total. The fourth-order valence-corrected chi connectivity index (χ4v) is 1.78. The van der Waals surface area contributed by atoms with Crippen molar-refractivity contribution in [1.29, 1.82) is 0 Å². The van der Waals surface area contributed by atoms with Crippen molar-refractivity contribution in [2.24, 2.45) is 0 Å². The van der Waals surface area contributed by atoms with E-state index in [0.29, 0.717) is 12.1 Å². The Labute approximate surface area is 120 Å². The third kappa shape index (κ3) is 2.93. The van der Waals surface area contributed by atoms with Gasteiger partial charge in [-0.1, -0.05) is 0 Å². The van der Waals surface area contributed by atoms with Gasteiger partial charge < -0.3 is 10.4 Å². The van der Waals surface area contributed by atoms with E-state index < -0.39 is 34.7 Å². The fraction of sp³-hybridized carbons (Fsp3) is 0. The smallest absolute Gasteiger partial charge is 0.335 e. The lowest BCUT2D eigenvalue weighted by Crippen LogP contribution is -2.03. The summed E-state index contributed by atoms with van der Waals surface area (Å²) in [5.74, 6) is -4.20. The molecule has 20 heavy (non-hydrogen) atoms. The summed E-state index contributed by atoms with van der Waals surface area (Å²) < 4.78 is 40.8. The van der Waals surface area contributed by atoms with Gasteiger partial charge in [0, 0.05) is 5.69 Å². The van der Waals surface area contributed by atoms with Gasteiger partial charge in [-0.3, -0.25) is 0 Å². The van der Waals surface area contributed by atoms with Crippen LogP contribution in [0.15, 0.2) is 34.8 Å². The number of nitrogens with one attached hydrogen (secondary N) is 1. The summed E-state index contributed by atoms with van der Waals surface area (Å²) in [5.41, 5.74) is -0.921. The maximum atomic E-state index is 13.7. The first kappa shape index (κ1) is 14.4. The zero-order chi connectivity index (χ0) is 14.9. The van der Waals surface area contributed by atoms with Crippen LogP contribution in [0.4, 0.5) is 24.5 Å². The molecule has 0 aliphatic heterocycles. The van der Waals surface area contributed by atoms with Crippen molar-refractivity contribution < 1.29 is 23.1 Å². The first-order chi connectivity index (χ1) is 9.38. The number of anilines is 2. The summed E-state index contributed by atoms with van der Waals surface area (Å²) in [6, 6.07) is 5.20. The summed E-state index contributed by atoms with van der Waals surface area (Å²) in [7, 11) is 0. The molecule has 3 nitrogen and oxygen atoms in total. The largest absolute Gasteiger partial charge is 0.478 e. The Morgan fingerprint density at radius 2 is 1.65 bits per heavy atom. The third-order valence-corrected chi connectivity index (χ3v) is 3.12. The second-order valence-corrected chi connectivity index (χ2v) is 4.73. The molecule has 0 aromatic heterocycles. The number of carbonyl (C=O) groups is 1.